The van der Waals surface area contributed by atoms with E-state index in [0.29, 0.717) is 0 Å². The lowest BCUT2D eigenvalue weighted by Crippen LogP contribution is -2.24. The lowest BCUT2D eigenvalue weighted by Gasteiger charge is -2.20. The number of ether oxygens (including phenoxy) is 1. The van der Waals surface area contributed by atoms with Crippen molar-refractivity contribution in [1.82, 2.24) is 5.32 Å². The predicted octanol–water partition coefficient (Wildman–Crippen LogP) is 3.54. The molecule has 0 bridgehead atoms. The van der Waals surface area contributed by atoms with Crippen LogP contribution in [0.25, 0.3) is 0 Å². The van der Waals surface area contributed by atoms with Crippen molar-refractivity contribution in [3.8, 4) is 0 Å². The van der Waals surface area contributed by atoms with Gasteiger partial charge < -0.3 is 10.1 Å². The summed E-state index contributed by atoms with van der Waals surface area (Å²) in [5.41, 5.74) is 2.24. The largest absolute Gasteiger partial charge is 0.385 e. The van der Waals surface area contributed by atoms with E-state index < -0.39 is 0 Å². The van der Waals surface area contributed by atoms with Gasteiger partial charge in [0.1, 0.15) is 5.82 Å². The smallest absolute Gasteiger partial charge is 0.123 e. The maximum absolute atomic E-state index is 13.1. The van der Waals surface area contributed by atoms with Gasteiger partial charge in [0.25, 0.3) is 0 Å². The van der Waals surface area contributed by atoms with Crippen LogP contribution in [-0.4, -0.2) is 20.3 Å². The molecule has 1 N–H and O–H groups in total. The van der Waals surface area contributed by atoms with Gasteiger partial charge in [-0.2, -0.15) is 0 Å². The fourth-order valence-corrected chi connectivity index (χ4v) is 2.19. The third-order valence-electron chi connectivity index (χ3n) is 3.21. The van der Waals surface area contributed by atoms with Crippen LogP contribution in [0.2, 0.25) is 0 Å². The SMILES string of the molecule is COCCCNC(c1ccccc1)c1ccc(F)cc1. The highest BCUT2D eigenvalue weighted by molar-refractivity contribution is 5.31. The molecule has 0 aliphatic rings. The zero-order valence-electron chi connectivity index (χ0n) is 11.7. The Hall–Kier alpha value is -1.71. The molecule has 0 aliphatic carbocycles. The van der Waals surface area contributed by atoms with Crippen molar-refractivity contribution in [2.24, 2.45) is 0 Å². The van der Waals surface area contributed by atoms with Gasteiger partial charge in [-0.1, -0.05) is 42.5 Å². The molecule has 0 heterocycles. The van der Waals surface area contributed by atoms with Crippen molar-refractivity contribution in [2.75, 3.05) is 20.3 Å². The molecule has 0 amide bonds. The summed E-state index contributed by atoms with van der Waals surface area (Å²) in [5, 5.41) is 3.50. The molecule has 3 heteroatoms. The van der Waals surface area contributed by atoms with Crippen LogP contribution in [-0.2, 0) is 4.74 Å². The third-order valence-corrected chi connectivity index (χ3v) is 3.21. The summed E-state index contributed by atoms with van der Waals surface area (Å²) in [5.74, 6) is -0.208. The molecule has 2 aromatic carbocycles. The third kappa shape index (κ3) is 4.15. The molecule has 20 heavy (non-hydrogen) atoms. The second kappa shape index (κ2) is 7.78. The molecule has 1 atom stereocenters. The van der Waals surface area contributed by atoms with E-state index in [1.54, 1.807) is 7.11 Å². The van der Waals surface area contributed by atoms with E-state index >= 15 is 0 Å². The van der Waals surface area contributed by atoms with Crippen LogP contribution in [0.4, 0.5) is 4.39 Å². The van der Waals surface area contributed by atoms with E-state index in [1.807, 2.05) is 30.3 Å². The van der Waals surface area contributed by atoms with Crippen LogP contribution in [0.1, 0.15) is 23.6 Å². The first-order chi connectivity index (χ1) is 9.81. The summed E-state index contributed by atoms with van der Waals surface area (Å²) in [6, 6.07) is 16.9. The minimum atomic E-state index is -0.208. The van der Waals surface area contributed by atoms with Crippen LogP contribution in [0.15, 0.2) is 54.6 Å². The molecule has 0 aliphatic heterocycles. The molecule has 0 spiro atoms. The van der Waals surface area contributed by atoms with Crippen molar-refractivity contribution in [3.05, 3.63) is 71.5 Å². The first kappa shape index (κ1) is 14.7. The van der Waals surface area contributed by atoms with Crippen LogP contribution in [0.3, 0.4) is 0 Å². The average molecular weight is 273 g/mol. The molecule has 0 saturated heterocycles. The number of hydrogen-bond acceptors (Lipinski definition) is 2. The minimum absolute atomic E-state index is 0.0775. The molecule has 0 saturated carbocycles. The van der Waals surface area contributed by atoms with Crippen molar-refractivity contribution in [1.29, 1.82) is 0 Å². The molecule has 106 valence electrons. The predicted molar refractivity (Wildman–Crippen MR) is 79.2 cm³/mol. The van der Waals surface area contributed by atoms with Crippen LogP contribution >= 0.6 is 0 Å². The van der Waals surface area contributed by atoms with Gasteiger partial charge in [-0.25, -0.2) is 4.39 Å². The summed E-state index contributed by atoms with van der Waals surface area (Å²) in [4.78, 5) is 0. The molecule has 0 radical (unpaired) electrons. The van der Waals surface area contributed by atoms with Crippen LogP contribution in [0, 0.1) is 5.82 Å². The zero-order chi connectivity index (χ0) is 14.2. The minimum Gasteiger partial charge on any atom is -0.385 e. The summed E-state index contributed by atoms with van der Waals surface area (Å²) in [6.07, 6.45) is 0.945. The molecule has 1 unspecified atom stereocenters. The van der Waals surface area contributed by atoms with E-state index in [2.05, 4.69) is 17.4 Å². The maximum atomic E-state index is 13.1. The Morgan fingerprint density at radius 1 is 1.00 bits per heavy atom. The van der Waals surface area contributed by atoms with Gasteiger partial charge in [0.15, 0.2) is 0 Å². The second-order valence-corrected chi connectivity index (χ2v) is 4.70. The first-order valence-corrected chi connectivity index (χ1v) is 6.84. The number of nitrogens with one attached hydrogen (secondary N) is 1. The van der Waals surface area contributed by atoms with Crippen LogP contribution < -0.4 is 5.32 Å². The summed E-state index contributed by atoms with van der Waals surface area (Å²) < 4.78 is 18.1. The highest BCUT2D eigenvalue weighted by atomic mass is 19.1. The van der Waals surface area contributed by atoms with Gasteiger partial charge >= 0.3 is 0 Å². The Bertz CT molecular complexity index is 498. The Labute approximate surface area is 119 Å². The zero-order valence-corrected chi connectivity index (χ0v) is 11.7. The van der Waals surface area contributed by atoms with E-state index in [0.717, 1.165) is 25.1 Å². The molecule has 2 rings (SSSR count). The summed E-state index contributed by atoms with van der Waals surface area (Å²) in [6.45, 7) is 1.59. The Morgan fingerprint density at radius 3 is 2.30 bits per heavy atom. The topological polar surface area (TPSA) is 21.3 Å². The highest BCUT2D eigenvalue weighted by Gasteiger charge is 2.12. The maximum Gasteiger partial charge on any atom is 0.123 e. The monoisotopic (exact) mass is 273 g/mol. The van der Waals surface area contributed by atoms with Gasteiger partial charge in [-0.3, -0.25) is 0 Å². The molecule has 0 fully saturated rings. The van der Waals surface area contributed by atoms with Crippen LogP contribution in [0.5, 0.6) is 0 Å². The highest BCUT2D eigenvalue weighted by Crippen LogP contribution is 2.22. The fraction of sp³-hybridized carbons (Fsp3) is 0.294. The number of methoxy groups -OCH3 is 1. The lowest BCUT2D eigenvalue weighted by atomic mass is 9.98. The standard InChI is InChI=1S/C17H20FNO/c1-20-13-5-12-19-17(14-6-3-2-4-7-14)15-8-10-16(18)11-9-15/h2-4,6-11,17,19H,5,12-13H2,1H3. The normalized spacial score (nSPS) is 12.3. The Balaban J connectivity index is 2.13. The van der Waals surface area contributed by atoms with Gasteiger partial charge in [0, 0.05) is 13.7 Å². The number of hydrogen-bond donors (Lipinski definition) is 1. The second-order valence-electron chi connectivity index (χ2n) is 4.70. The molecule has 2 aromatic rings. The van der Waals surface area contributed by atoms with E-state index in [1.165, 1.54) is 17.7 Å². The quantitative estimate of drug-likeness (QED) is 0.779. The number of rotatable bonds is 7. The Morgan fingerprint density at radius 2 is 1.65 bits per heavy atom. The van der Waals surface area contributed by atoms with Crippen molar-refractivity contribution >= 4 is 0 Å². The molecular weight excluding hydrogens is 253 g/mol. The van der Waals surface area contributed by atoms with Crippen molar-refractivity contribution in [3.63, 3.8) is 0 Å². The summed E-state index contributed by atoms with van der Waals surface area (Å²) in [7, 11) is 1.70. The summed E-state index contributed by atoms with van der Waals surface area (Å²) >= 11 is 0. The Kier molecular flexibility index (Phi) is 5.71. The van der Waals surface area contributed by atoms with Crippen molar-refractivity contribution in [2.45, 2.75) is 12.5 Å². The number of benzene rings is 2. The van der Waals surface area contributed by atoms with Gasteiger partial charge in [-0.05, 0) is 36.2 Å². The lowest BCUT2D eigenvalue weighted by molar-refractivity contribution is 0.193. The molecule has 0 aromatic heterocycles. The van der Waals surface area contributed by atoms with E-state index in [9.17, 15) is 4.39 Å². The van der Waals surface area contributed by atoms with E-state index in [4.69, 9.17) is 4.74 Å². The number of halogens is 1. The van der Waals surface area contributed by atoms with Gasteiger partial charge in [-0.15, -0.1) is 0 Å². The average Bonchev–Trinajstić information content (AvgIpc) is 2.50. The first-order valence-electron chi connectivity index (χ1n) is 6.84. The van der Waals surface area contributed by atoms with Crippen molar-refractivity contribution < 1.29 is 9.13 Å². The fourth-order valence-electron chi connectivity index (χ4n) is 2.19. The van der Waals surface area contributed by atoms with Gasteiger partial charge in [0.2, 0.25) is 0 Å². The molecular formula is C17H20FNO. The van der Waals surface area contributed by atoms with E-state index in [-0.39, 0.29) is 11.9 Å². The van der Waals surface area contributed by atoms with Gasteiger partial charge in [0.05, 0.1) is 6.04 Å². The molecule has 2 nitrogen and oxygen atoms in total.